The minimum absolute atomic E-state index is 0.0382. The number of likely N-dealkylation sites (N-methyl/N-ethyl adjacent to an activating group) is 1. The molecule has 1 saturated heterocycles. The number of amides is 2. The molecular weight excluding hydrogens is 280 g/mol. The van der Waals surface area contributed by atoms with Gasteiger partial charge in [-0.3, -0.25) is 9.59 Å². The summed E-state index contributed by atoms with van der Waals surface area (Å²) < 4.78 is 5.87. The molecule has 0 bridgehead atoms. The molecular formula is C17H22N2O3. The van der Waals surface area contributed by atoms with Gasteiger partial charge in [0, 0.05) is 20.0 Å². The first-order valence-electron chi connectivity index (χ1n) is 7.86. The van der Waals surface area contributed by atoms with Crippen molar-refractivity contribution in [1.29, 1.82) is 0 Å². The Morgan fingerprint density at radius 1 is 1.36 bits per heavy atom. The molecule has 0 radical (unpaired) electrons. The number of nitrogens with zero attached hydrogens (tertiary/aromatic N) is 1. The zero-order valence-electron chi connectivity index (χ0n) is 12.9. The van der Waals surface area contributed by atoms with Gasteiger partial charge in [-0.1, -0.05) is 24.3 Å². The second-order valence-electron chi connectivity index (χ2n) is 6.07. The van der Waals surface area contributed by atoms with Gasteiger partial charge in [0.2, 0.25) is 11.8 Å². The van der Waals surface area contributed by atoms with Gasteiger partial charge < -0.3 is 15.0 Å². The Hall–Kier alpha value is -1.88. The molecule has 1 N–H and O–H groups in total. The van der Waals surface area contributed by atoms with Crippen LogP contribution in [0.15, 0.2) is 24.3 Å². The lowest BCUT2D eigenvalue weighted by atomic mass is 9.95. The van der Waals surface area contributed by atoms with Gasteiger partial charge in [0.05, 0.1) is 19.1 Å². The Morgan fingerprint density at radius 3 is 2.95 bits per heavy atom. The van der Waals surface area contributed by atoms with Crippen molar-refractivity contribution in [3.8, 4) is 0 Å². The van der Waals surface area contributed by atoms with E-state index >= 15 is 0 Å². The fourth-order valence-electron chi connectivity index (χ4n) is 3.22. The highest BCUT2D eigenvalue weighted by atomic mass is 16.5. The minimum Gasteiger partial charge on any atom is -0.371 e. The molecule has 1 aromatic rings. The van der Waals surface area contributed by atoms with E-state index in [-0.39, 0.29) is 23.8 Å². The van der Waals surface area contributed by atoms with E-state index in [1.165, 1.54) is 11.1 Å². The second kappa shape index (κ2) is 6.48. The van der Waals surface area contributed by atoms with E-state index in [4.69, 9.17) is 4.74 Å². The number of rotatable bonds is 3. The van der Waals surface area contributed by atoms with Crippen molar-refractivity contribution >= 4 is 11.8 Å². The van der Waals surface area contributed by atoms with Gasteiger partial charge in [-0.05, 0) is 24.0 Å². The molecule has 1 aromatic carbocycles. The fourth-order valence-corrected chi connectivity index (χ4v) is 3.22. The smallest absolute Gasteiger partial charge is 0.227 e. The number of nitrogens with one attached hydrogen (secondary N) is 1. The molecule has 118 valence electrons. The van der Waals surface area contributed by atoms with Gasteiger partial charge >= 0.3 is 0 Å². The Bertz CT molecular complexity index is 563. The summed E-state index contributed by atoms with van der Waals surface area (Å²) >= 11 is 0. The van der Waals surface area contributed by atoms with Crippen LogP contribution in [0.4, 0.5) is 0 Å². The molecule has 22 heavy (non-hydrogen) atoms. The minimum atomic E-state index is -0.110. The number of ether oxygens (including phenoxy) is 1. The van der Waals surface area contributed by atoms with Gasteiger partial charge in [0.1, 0.15) is 6.10 Å². The molecule has 0 aliphatic carbocycles. The quantitative estimate of drug-likeness (QED) is 0.915. The molecule has 2 aliphatic heterocycles. The lowest BCUT2D eigenvalue weighted by Gasteiger charge is -2.32. The summed E-state index contributed by atoms with van der Waals surface area (Å²) in [5.74, 6) is 0.0180. The van der Waals surface area contributed by atoms with Gasteiger partial charge in [-0.15, -0.1) is 0 Å². The number of benzene rings is 1. The van der Waals surface area contributed by atoms with Gasteiger partial charge in [-0.25, -0.2) is 0 Å². The number of hydrogen-bond acceptors (Lipinski definition) is 3. The topological polar surface area (TPSA) is 58.6 Å². The number of fused-ring (bicyclic) bond motifs is 1. The normalized spacial score (nSPS) is 24.3. The number of carbonyl (C=O) groups excluding carboxylic acids is 2. The highest BCUT2D eigenvalue weighted by Crippen LogP contribution is 2.28. The SMILES string of the molecule is CN(C[C@@H]1OCCc2ccccc21)C(=O)[C@@H]1CCC(=O)NC1. The van der Waals surface area contributed by atoms with Crippen molar-refractivity contribution in [3.63, 3.8) is 0 Å². The molecule has 2 atom stereocenters. The average molecular weight is 302 g/mol. The molecule has 5 nitrogen and oxygen atoms in total. The highest BCUT2D eigenvalue weighted by Gasteiger charge is 2.29. The molecule has 2 heterocycles. The van der Waals surface area contributed by atoms with Crippen molar-refractivity contribution in [2.24, 2.45) is 5.92 Å². The Morgan fingerprint density at radius 2 is 2.18 bits per heavy atom. The Labute approximate surface area is 130 Å². The molecule has 0 saturated carbocycles. The van der Waals surface area contributed by atoms with Crippen LogP contribution in [0.5, 0.6) is 0 Å². The predicted octanol–water partition coefficient (Wildman–Crippen LogP) is 1.28. The third kappa shape index (κ3) is 3.14. The molecule has 2 aliphatic rings. The largest absolute Gasteiger partial charge is 0.371 e. The molecule has 0 unspecified atom stereocenters. The van der Waals surface area contributed by atoms with E-state index < -0.39 is 0 Å². The van der Waals surface area contributed by atoms with Gasteiger partial charge in [0.15, 0.2) is 0 Å². The first-order valence-corrected chi connectivity index (χ1v) is 7.86. The monoisotopic (exact) mass is 302 g/mol. The van der Waals surface area contributed by atoms with Crippen LogP contribution in [0.25, 0.3) is 0 Å². The van der Waals surface area contributed by atoms with Crippen molar-refractivity contribution in [2.75, 3.05) is 26.7 Å². The van der Waals surface area contributed by atoms with E-state index in [9.17, 15) is 9.59 Å². The second-order valence-corrected chi connectivity index (χ2v) is 6.07. The summed E-state index contributed by atoms with van der Waals surface area (Å²) in [6.45, 7) is 1.70. The van der Waals surface area contributed by atoms with E-state index in [1.54, 1.807) is 4.90 Å². The molecule has 0 aromatic heterocycles. The summed E-state index contributed by atoms with van der Waals surface area (Å²) in [6.07, 6.45) is 1.94. The number of hydrogen-bond donors (Lipinski definition) is 1. The van der Waals surface area contributed by atoms with Gasteiger partial charge in [0.25, 0.3) is 0 Å². The predicted molar refractivity (Wildman–Crippen MR) is 82.2 cm³/mol. The lowest BCUT2D eigenvalue weighted by molar-refractivity contribution is -0.138. The maximum Gasteiger partial charge on any atom is 0.227 e. The van der Waals surface area contributed by atoms with Crippen LogP contribution in [0.1, 0.15) is 30.1 Å². The van der Waals surface area contributed by atoms with Crippen molar-refractivity contribution < 1.29 is 14.3 Å². The summed E-state index contributed by atoms with van der Waals surface area (Å²) in [7, 11) is 1.82. The van der Waals surface area contributed by atoms with Crippen LogP contribution in [-0.4, -0.2) is 43.5 Å². The zero-order valence-corrected chi connectivity index (χ0v) is 12.9. The van der Waals surface area contributed by atoms with E-state index in [2.05, 4.69) is 17.4 Å². The van der Waals surface area contributed by atoms with Crippen LogP contribution in [0.2, 0.25) is 0 Å². The summed E-state index contributed by atoms with van der Waals surface area (Å²) in [6, 6.07) is 8.27. The standard InChI is InChI=1S/C17H22N2O3/c1-19(17(21)13-6-7-16(20)18-10-13)11-15-14-5-3-2-4-12(14)8-9-22-15/h2-5,13,15H,6-11H2,1H3,(H,18,20)/t13-,15+/m1/s1. The van der Waals surface area contributed by atoms with Crippen molar-refractivity contribution in [1.82, 2.24) is 10.2 Å². The van der Waals surface area contributed by atoms with E-state index in [0.29, 0.717) is 32.5 Å². The summed E-state index contributed by atoms with van der Waals surface area (Å²) in [5, 5.41) is 2.77. The van der Waals surface area contributed by atoms with Crippen LogP contribution in [0, 0.1) is 5.92 Å². The Kier molecular flexibility index (Phi) is 4.43. The Balaban J connectivity index is 1.63. The van der Waals surface area contributed by atoms with Crippen LogP contribution < -0.4 is 5.32 Å². The number of carbonyl (C=O) groups is 2. The molecule has 2 amide bonds. The van der Waals surface area contributed by atoms with Crippen molar-refractivity contribution in [3.05, 3.63) is 35.4 Å². The first kappa shape index (κ1) is 15.0. The van der Waals surface area contributed by atoms with Crippen LogP contribution in [0.3, 0.4) is 0 Å². The zero-order chi connectivity index (χ0) is 15.5. The van der Waals surface area contributed by atoms with Gasteiger partial charge in [-0.2, -0.15) is 0 Å². The van der Waals surface area contributed by atoms with E-state index in [0.717, 1.165) is 6.42 Å². The van der Waals surface area contributed by atoms with Crippen LogP contribution >= 0.6 is 0 Å². The maximum atomic E-state index is 12.5. The maximum absolute atomic E-state index is 12.5. The highest BCUT2D eigenvalue weighted by molar-refractivity contribution is 5.83. The van der Waals surface area contributed by atoms with Crippen LogP contribution in [-0.2, 0) is 20.7 Å². The molecule has 3 rings (SSSR count). The first-order chi connectivity index (χ1) is 10.6. The lowest BCUT2D eigenvalue weighted by Crippen LogP contribution is -2.45. The summed E-state index contributed by atoms with van der Waals surface area (Å²) in [4.78, 5) is 25.5. The molecule has 0 spiro atoms. The third-order valence-corrected chi connectivity index (χ3v) is 4.52. The van der Waals surface area contributed by atoms with E-state index in [1.807, 2.05) is 19.2 Å². The molecule has 1 fully saturated rings. The number of piperidine rings is 1. The fraction of sp³-hybridized carbons (Fsp3) is 0.529. The third-order valence-electron chi connectivity index (χ3n) is 4.52. The average Bonchev–Trinajstić information content (AvgIpc) is 2.55. The molecule has 5 heteroatoms. The summed E-state index contributed by atoms with van der Waals surface area (Å²) in [5.41, 5.74) is 2.50. The van der Waals surface area contributed by atoms with Crippen molar-refractivity contribution in [2.45, 2.75) is 25.4 Å².